The third-order valence-corrected chi connectivity index (χ3v) is 5.22. The van der Waals surface area contributed by atoms with Gasteiger partial charge < -0.3 is 15.7 Å². The maximum absolute atomic E-state index is 12.4. The van der Waals surface area contributed by atoms with Crippen LogP contribution in [0, 0.1) is 17.8 Å². The fourth-order valence-corrected chi connectivity index (χ4v) is 3.85. The molecular weight excluding hydrogens is 252 g/mol. The third kappa shape index (κ3) is 3.41. The van der Waals surface area contributed by atoms with Crippen LogP contribution in [0.3, 0.4) is 0 Å². The van der Waals surface area contributed by atoms with E-state index in [9.17, 15) is 9.90 Å². The van der Waals surface area contributed by atoms with E-state index in [0.717, 1.165) is 12.3 Å². The van der Waals surface area contributed by atoms with E-state index in [0.29, 0.717) is 18.4 Å². The van der Waals surface area contributed by atoms with E-state index in [4.69, 9.17) is 0 Å². The molecule has 2 aliphatic rings. The highest BCUT2D eigenvalue weighted by Crippen LogP contribution is 2.44. The number of amides is 1. The summed E-state index contributed by atoms with van der Waals surface area (Å²) in [5.74, 6) is 1.50. The molecule has 2 rings (SSSR count). The number of nitrogens with one attached hydrogen (secondary N) is 2. The summed E-state index contributed by atoms with van der Waals surface area (Å²) in [6.07, 6.45) is 6.54. The van der Waals surface area contributed by atoms with Gasteiger partial charge in [-0.2, -0.15) is 0 Å². The summed E-state index contributed by atoms with van der Waals surface area (Å²) in [5, 5.41) is 16.0. The number of aliphatic hydroxyl groups excluding tert-OH is 1. The van der Waals surface area contributed by atoms with Crippen LogP contribution in [-0.2, 0) is 4.79 Å². The van der Waals surface area contributed by atoms with E-state index in [1.54, 1.807) is 0 Å². The predicted molar refractivity (Wildman–Crippen MR) is 80.2 cm³/mol. The lowest BCUT2D eigenvalue weighted by Gasteiger charge is -2.28. The summed E-state index contributed by atoms with van der Waals surface area (Å²) < 4.78 is 0. The zero-order valence-electron chi connectivity index (χ0n) is 12.6. The van der Waals surface area contributed by atoms with E-state index in [2.05, 4.69) is 17.2 Å². The van der Waals surface area contributed by atoms with Gasteiger partial charge in [0.1, 0.15) is 0 Å². The molecule has 2 fully saturated rings. The number of hydrogen-bond donors (Lipinski definition) is 3. The molecule has 2 aliphatic carbocycles. The molecule has 3 N–H and O–H groups in total. The minimum absolute atomic E-state index is 0.0263. The number of rotatable bonds is 7. The molecule has 0 aromatic carbocycles. The smallest absolute Gasteiger partial charge is 0.224 e. The summed E-state index contributed by atoms with van der Waals surface area (Å²) >= 11 is 0. The first kappa shape index (κ1) is 15.5. The van der Waals surface area contributed by atoms with Gasteiger partial charge in [-0.05, 0) is 44.6 Å². The van der Waals surface area contributed by atoms with E-state index in [1.807, 2.05) is 14.0 Å². The molecule has 20 heavy (non-hydrogen) atoms. The van der Waals surface area contributed by atoms with Crippen molar-refractivity contribution < 1.29 is 9.90 Å². The van der Waals surface area contributed by atoms with Crippen LogP contribution >= 0.6 is 0 Å². The fraction of sp³-hybridized carbons (Fsp3) is 0.812. The van der Waals surface area contributed by atoms with Crippen molar-refractivity contribution in [1.82, 2.24) is 10.6 Å². The Morgan fingerprint density at radius 1 is 1.45 bits per heavy atom. The van der Waals surface area contributed by atoms with Crippen molar-refractivity contribution in [3.8, 4) is 0 Å². The number of carbonyl (C=O) groups is 1. The standard InChI is InChI=1S/C16H28N2O2/c1-4-13(19)9-14(17-3)10(2)16(20)18-15-8-11-5-6-12(15)7-11/h4,10-15,17,19H,1,5-9H2,2-3H3,(H,18,20)/t10-,11?,12?,13-,14+,15?/m1/s1. The molecule has 1 amide bonds. The van der Waals surface area contributed by atoms with Crippen LogP contribution in [0.25, 0.3) is 0 Å². The third-order valence-electron chi connectivity index (χ3n) is 5.22. The van der Waals surface area contributed by atoms with Crippen LogP contribution in [-0.4, -0.2) is 36.2 Å². The van der Waals surface area contributed by atoms with Crippen molar-refractivity contribution in [2.45, 2.75) is 57.2 Å². The first-order valence-electron chi connectivity index (χ1n) is 7.83. The second-order valence-corrected chi connectivity index (χ2v) is 6.51. The maximum atomic E-state index is 12.4. The zero-order chi connectivity index (χ0) is 14.7. The van der Waals surface area contributed by atoms with E-state index in [-0.39, 0.29) is 17.9 Å². The van der Waals surface area contributed by atoms with Gasteiger partial charge in [-0.1, -0.05) is 19.4 Å². The van der Waals surface area contributed by atoms with Crippen LogP contribution in [0.15, 0.2) is 12.7 Å². The van der Waals surface area contributed by atoms with E-state index in [1.165, 1.54) is 25.3 Å². The predicted octanol–water partition coefficient (Wildman–Crippen LogP) is 1.45. The molecule has 0 aliphatic heterocycles. The Morgan fingerprint density at radius 3 is 2.70 bits per heavy atom. The second-order valence-electron chi connectivity index (χ2n) is 6.51. The summed E-state index contributed by atoms with van der Waals surface area (Å²) in [7, 11) is 1.84. The molecule has 0 aromatic rings. The van der Waals surface area contributed by atoms with Crippen LogP contribution in [0.2, 0.25) is 0 Å². The molecule has 4 heteroatoms. The summed E-state index contributed by atoms with van der Waals surface area (Å²) in [4.78, 5) is 12.4. The van der Waals surface area contributed by atoms with Gasteiger partial charge in [0.25, 0.3) is 0 Å². The summed E-state index contributed by atoms with van der Waals surface area (Å²) in [6.45, 7) is 5.51. The summed E-state index contributed by atoms with van der Waals surface area (Å²) in [6, 6.07) is 0.354. The molecule has 114 valence electrons. The Labute approximate surface area is 122 Å². The Kier molecular flexibility index (Phi) is 5.22. The Morgan fingerprint density at radius 2 is 2.20 bits per heavy atom. The van der Waals surface area contributed by atoms with Crippen molar-refractivity contribution in [2.24, 2.45) is 17.8 Å². The van der Waals surface area contributed by atoms with Crippen molar-refractivity contribution in [2.75, 3.05) is 7.05 Å². The molecule has 6 atom stereocenters. The number of carbonyl (C=O) groups excluding carboxylic acids is 1. The zero-order valence-corrected chi connectivity index (χ0v) is 12.6. The van der Waals surface area contributed by atoms with E-state index < -0.39 is 6.10 Å². The highest BCUT2D eigenvalue weighted by molar-refractivity contribution is 5.79. The molecule has 4 nitrogen and oxygen atoms in total. The highest BCUT2D eigenvalue weighted by atomic mass is 16.3. The van der Waals surface area contributed by atoms with Crippen LogP contribution in [0.5, 0.6) is 0 Å². The van der Waals surface area contributed by atoms with Crippen molar-refractivity contribution in [3.05, 3.63) is 12.7 Å². The minimum Gasteiger partial charge on any atom is -0.389 e. The first-order valence-corrected chi connectivity index (χ1v) is 7.83. The first-order chi connectivity index (χ1) is 9.55. The average Bonchev–Trinajstić information content (AvgIpc) is 3.06. The topological polar surface area (TPSA) is 61.4 Å². The lowest BCUT2D eigenvalue weighted by atomic mass is 9.92. The summed E-state index contributed by atoms with van der Waals surface area (Å²) in [5.41, 5.74) is 0. The van der Waals surface area contributed by atoms with Crippen molar-refractivity contribution in [3.63, 3.8) is 0 Å². The van der Waals surface area contributed by atoms with Crippen molar-refractivity contribution in [1.29, 1.82) is 0 Å². The quantitative estimate of drug-likeness (QED) is 0.619. The highest BCUT2D eigenvalue weighted by Gasteiger charge is 2.40. The maximum Gasteiger partial charge on any atom is 0.224 e. The van der Waals surface area contributed by atoms with Gasteiger partial charge in [-0.25, -0.2) is 0 Å². The molecular formula is C16H28N2O2. The van der Waals surface area contributed by atoms with Gasteiger partial charge in [0.15, 0.2) is 0 Å². The second kappa shape index (κ2) is 6.72. The molecule has 2 saturated carbocycles. The number of hydrogen-bond acceptors (Lipinski definition) is 3. The molecule has 0 radical (unpaired) electrons. The molecule has 0 saturated heterocycles. The minimum atomic E-state index is -0.565. The Hall–Kier alpha value is -0.870. The SMILES string of the molecule is C=C[C@@H](O)C[C@H](NC)[C@@H](C)C(=O)NC1CC2CCC1C2. The normalized spacial score (nSPS) is 32.6. The van der Waals surface area contributed by atoms with E-state index >= 15 is 0 Å². The fourth-order valence-electron chi connectivity index (χ4n) is 3.85. The van der Waals surface area contributed by atoms with Crippen molar-refractivity contribution >= 4 is 5.91 Å². The monoisotopic (exact) mass is 280 g/mol. The lowest BCUT2D eigenvalue weighted by molar-refractivity contribution is -0.126. The average molecular weight is 280 g/mol. The Balaban J connectivity index is 1.85. The molecule has 0 aromatic heterocycles. The van der Waals surface area contributed by atoms with Gasteiger partial charge in [0, 0.05) is 12.1 Å². The molecule has 0 heterocycles. The van der Waals surface area contributed by atoms with Gasteiger partial charge in [-0.15, -0.1) is 6.58 Å². The Bertz CT molecular complexity index is 358. The van der Waals surface area contributed by atoms with Crippen LogP contribution in [0.1, 0.15) is 39.0 Å². The number of fused-ring (bicyclic) bond motifs is 2. The van der Waals surface area contributed by atoms with Crippen LogP contribution in [0.4, 0.5) is 0 Å². The van der Waals surface area contributed by atoms with Gasteiger partial charge in [0.2, 0.25) is 5.91 Å². The van der Waals surface area contributed by atoms with Gasteiger partial charge >= 0.3 is 0 Å². The molecule has 2 bridgehead atoms. The largest absolute Gasteiger partial charge is 0.389 e. The van der Waals surface area contributed by atoms with Gasteiger partial charge in [0.05, 0.1) is 12.0 Å². The van der Waals surface area contributed by atoms with Crippen LogP contribution < -0.4 is 10.6 Å². The van der Waals surface area contributed by atoms with Gasteiger partial charge in [-0.3, -0.25) is 4.79 Å². The molecule has 3 unspecified atom stereocenters. The lowest BCUT2D eigenvalue weighted by Crippen LogP contribution is -2.47. The number of aliphatic hydroxyl groups is 1. The molecule has 0 spiro atoms.